The van der Waals surface area contributed by atoms with Crippen molar-refractivity contribution < 1.29 is 24.2 Å². The summed E-state index contributed by atoms with van der Waals surface area (Å²) in [5.41, 5.74) is 8.02. The number of hydrogen-bond acceptors (Lipinski definition) is 0. The monoisotopic (exact) mass is 556 g/mol. The zero-order valence-electron chi connectivity index (χ0n) is 22.5. The first-order valence-corrected chi connectivity index (χ1v) is 14.1. The minimum absolute atomic E-state index is 0.551. The van der Waals surface area contributed by atoms with Crippen LogP contribution in [-0.2, 0) is 24.2 Å². The minimum atomic E-state index is 0.551. The zero-order chi connectivity index (χ0) is 26.4. The van der Waals surface area contributed by atoms with Gasteiger partial charge in [-0.3, -0.25) is 6.08 Å². The van der Waals surface area contributed by atoms with Crippen molar-refractivity contribution in [1.29, 1.82) is 0 Å². The third-order valence-electron chi connectivity index (χ3n) is 6.68. The van der Waals surface area contributed by atoms with Crippen LogP contribution in [0.15, 0.2) is 120 Å². The number of fused-ring (bicyclic) bond motifs is 3. The Morgan fingerprint density at radius 3 is 1.49 bits per heavy atom. The summed E-state index contributed by atoms with van der Waals surface area (Å²) < 4.78 is 1.42. The van der Waals surface area contributed by atoms with Crippen LogP contribution >= 0.6 is 0 Å². The van der Waals surface area contributed by atoms with E-state index < -0.39 is 0 Å². The van der Waals surface area contributed by atoms with Crippen LogP contribution in [0, 0.1) is 25.8 Å². The van der Waals surface area contributed by atoms with Crippen molar-refractivity contribution in [2.75, 3.05) is 0 Å². The zero-order valence-corrected chi connectivity index (χ0v) is 24.9. The second kappa shape index (κ2) is 12.5. The normalized spacial score (nSPS) is 14.3. The van der Waals surface area contributed by atoms with Crippen molar-refractivity contribution in [3.8, 4) is 0 Å². The summed E-state index contributed by atoms with van der Waals surface area (Å²) in [4.78, 5) is 0. The van der Waals surface area contributed by atoms with Gasteiger partial charge in [0.05, 0.1) is 0 Å². The van der Waals surface area contributed by atoms with Gasteiger partial charge in [0.25, 0.3) is 0 Å². The van der Waals surface area contributed by atoms with Crippen LogP contribution in [0.3, 0.4) is 0 Å². The third kappa shape index (κ3) is 7.06. The van der Waals surface area contributed by atoms with Crippen molar-refractivity contribution in [3.63, 3.8) is 0 Å². The predicted octanol–water partition coefficient (Wildman–Crippen LogP) is 9.46. The van der Waals surface area contributed by atoms with E-state index in [1.54, 1.807) is 0 Å². The van der Waals surface area contributed by atoms with Gasteiger partial charge in [-0.1, -0.05) is 55.2 Å². The molecule has 1 heteroatoms. The van der Waals surface area contributed by atoms with E-state index in [1.807, 2.05) is 0 Å². The molecule has 0 N–H and O–H groups in total. The quantitative estimate of drug-likeness (QED) is 0.190. The van der Waals surface area contributed by atoms with Crippen molar-refractivity contribution in [2.45, 2.75) is 34.6 Å². The Hall–Kier alpha value is -3.02. The van der Waals surface area contributed by atoms with Gasteiger partial charge in [-0.2, -0.15) is 6.08 Å². The Balaban J connectivity index is 0.000000136. The first kappa shape index (κ1) is 27.0. The van der Waals surface area contributed by atoms with Gasteiger partial charge in [0.2, 0.25) is 0 Å². The van der Waals surface area contributed by atoms with E-state index in [1.165, 1.54) is 82.4 Å². The summed E-state index contributed by atoms with van der Waals surface area (Å²) >= 11 is 1.46. The molecule has 182 valence electrons. The van der Waals surface area contributed by atoms with Gasteiger partial charge in [0.15, 0.2) is 0 Å². The molecule has 0 saturated carbocycles. The fourth-order valence-electron chi connectivity index (χ4n) is 4.63. The van der Waals surface area contributed by atoms with Gasteiger partial charge in [-0.15, -0.1) is 46.7 Å². The molecule has 0 nitrogen and oxygen atoms in total. The van der Waals surface area contributed by atoms with E-state index in [2.05, 4.69) is 150 Å². The maximum atomic E-state index is 3.29. The van der Waals surface area contributed by atoms with Crippen LogP contribution in [0.4, 0.5) is 0 Å². The van der Waals surface area contributed by atoms with E-state index in [4.69, 9.17) is 0 Å². The SMILES string of the molecule is CC1=[C-]C(C)C=C1C.Cc1ccc2c(c1)[cH-]c1cc(C)ccc12.[Zr+2]=[C](c1ccccc1)c1ccccc1. The molecule has 5 aromatic rings. The van der Waals surface area contributed by atoms with Gasteiger partial charge in [-0.25, -0.2) is 11.1 Å². The molecule has 0 fully saturated rings. The average Bonchev–Trinajstić information content (AvgIpc) is 3.41. The first-order chi connectivity index (χ1) is 17.8. The third-order valence-corrected chi connectivity index (χ3v) is 8.10. The molecule has 0 spiro atoms. The molecule has 1 aliphatic rings. The molecule has 0 saturated heterocycles. The van der Waals surface area contributed by atoms with Crippen LogP contribution in [0.2, 0.25) is 0 Å². The summed E-state index contributed by atoms with van der Waals surface area (Å²) in [6.07, 6.45) is 5.52. The molecule has 37 heavy (non-hydrogen) atoms. The van der Waals surface area contributed by atoms with Crippen LogP contribution in [-0.4, -0.2) is 3.21 Å². The molecule has 1 atom stereocenters. The molecule has 0 aliphatic heterocycles. The Kier molecular flexibility index (Phi) is 9.12. The molecule has 0 aromatic heterocycles. The summed E-state index contributed by atoms with van der Waals surface area (Å²) in [6, 6.07) is 36.7. The molecule has 0 amide bonds. The first-order valence-electron chi connectivity index (χ1n) is 12.9. The number of benzene rings is 4. The van der Waals surface area contributed by atoms with Crippen molar-refractivity contribution in [1.82, 2.24) is 0 Å². The summed E-state index contributed by atoms with van der Waals surface area (Å²) in [7, 11) is 0. The number of aryl methyl sites for hydroxylation is 2. The topological polar surface area (TPSA) is 0 Å². The second-order valence-corrected chi connectivity index (χ2v) is 11.1. The van der Waals surface area contributed by atoms with Crippen molar-refractivity contribution in [2.24, 2.45) is 5.92 Å². The number of allylic oxidation sites excluding steroid dienone is 4. The Morgan fingerprint density at radius 2 is 1.14 bits per heavy atom. The molecule has 1 unspecified atom stereocenters. The standard InChI is InChI=1S/C15H13.C13H10.C8H11.Zr/c1-10-3-5-14-12(7-10)9-13-8-11(2)4-6-15(13)14;1-3-7-12(8-4-1)11-13-9-5-2-6-10-13;1-6-4-7(2)8(3)5-6;/h3-9H,1-2H3;1-10H;4,6H,1-3H3;/q-1;;-1;+2. The average molecular weight is 558 g/mol. The van der Waals surface area contributed by atoms with Gasteiger partial charge in [-0.05, 0) is 13.8 Å². The maximum absolute atomic E-state index is 3.29. The molecular formula is C36H34Zr. The van der Waals surface area contributed by atoms with Crippen LogP contribution in [0.5, 0.6) is 0 Å². The van der Waals surface area contributed by atoms with Crippen LogP contribution in [0.1, 0.15) is 43.0 Å². The fourth-order valence-corrected chi connectivity index (χ4v) is 5.45. The van der Waals surface area contributed by atoms with E-state index >= 15 is 0 Å². The van der Waals surface area contributed by atoms with Gasteiger partial charge >= 0.3 is 99.2 Å². The van der Waals surface area contributed by atoms with Gasteiger partial charge in [0.1, 0.15) is 0 Å². The van der Waals surface area contributed by atoms with Gasteiger partial charge in [0, 0.05) is 0 Å². The van der Waals surface area contributed by atoms with E-state index in [9.17, 15) is 0 Å². The fraction of sp³-hybridized carbons (Fsp3) is 0.167. The molecule has 6 rings (SSSR count). The molecule has 0 radical (unpaired) electrons. The Morgan fingerprint density at radius 1 is 0.676 bits per heavy atom. The van der Waals surface area contributed by atoms with Crippen molar-refractivity contribution >= 4 is 24.8 Å². The van der Waals surface area contributed by atoms with Crippen LogP contribution < -0.4 is 0 Å². The Labute approximate surface area is 237 Å². The summed E-state index contributed by atoms with van der Waals surface area (Å²) in [5.74, 6) is 0.551. The molecule has 5 aromatic carbocycles. The van der Waals surface area contributed by atoms with E-state index in [0.29, 0.717) is 5.92 Å². The summed E-state index contributed by atoms with van der Waals surface area (Å²) in [6.45, 7) is 10.7. The number of hydrogen-bond donors (Lipinski definition) is 0. The van der Waals surface area contributed by atoms with Crippen LogP contribution in [0.25, 0.3) is 21.5 Å². The van der Waals surface area contributed by atoms with E-state index in [-0.39, 0.29) is 0 Å². The molecule has 1 aliphatic carbocycles. The molecular weight excluding hydrogens is 524 g/mol. The molecule has 0 heterocycles. The molecule has 0 bridgehead atoms. The van der Waals surface area contributed by atoms with E-state index in [0.717, 1.165) is 0 Å². The predicted molar refractivity (Wildman–Crippen MR) is 158 cm³/mol. The van der Waals surface area contributed by atoms with Gasteiger partial charge < -0.3 is 0 Å². The Bertz CT molecular complexity index is 1450. The number of rotatable bonds is 2. The summed E-state index contributed by atoms with van der Waals surface area (Å²) in [5, 5.41) is 5.46. The van der Waals surface area contributed by atoms with Crippen molar-refractivity contribution in [3.05, 3.63) is 149 Å². The second-order valence-electron chi connectivity index (χ2n) is 9.84.